The first kappa shape index (κ1) is 19.0. The molecule has 22 heavy (non-hydrogen) atoms. The van der Waals surface area contributed by atoms with Gasteiger partial charge in [0.15, 0.2) is 5.96 Å². The molecule has 0 unspecified atom stereocenters. The summed E-state index contributed by atoms with van der Waals surface area (Å²) in [6, 6.07) is 10.5. The van der Waals surface area contributed by atoms with Crippen LogP contribution in [0.3, 0.4) is 0 Å². The molecular formula is C17H24IN3S. The first-order valence-electron chi connectivity index (χ1n) is 7.30. The van der Waals surface area contributed by atoms with Crippen LogP contribution in [0.5, 0.6) is 0 Å². The van der Waals surface area contributed by atoms with Crippen LogP contribution in [0.25, 0.3) is 0 Å². The SMILES string of the molecule is CCNC(=NCc1ccccc1C)NCc1sccc1C.I. The molecule has 0 fully saturated rings. The van der Waals surface area contributed by atoms with Crippen molar-refractivity contribution in [2.24, 2.45) is 4.99 Å². The van der Waals surface area contributed by atoms with Crippen LogP contribution >= 0.6 is 35.3 Å². The minimum absolute atomic E-state index is 0. The predicted molar refractivity (Wildman–Crippen MR) is 107 cm³/mol. The molecule has 3 nitrogen and oxygen atoms in total. The van der Waals surface area contributed by atoms with E-state index in [9.17, 15) is 0 Å². The molecular weight excluding hydrogens is 405 g/mol. The maximum atomic E-state index is 4.67. The topological polar surface area (TPSA) is 36.4 Å². The summed E-state index contributed by atoms with van der Waals surface area (Å²) >= 11 is 1.78. The Kier molecular flexibility index (Phi) is 8.48. The minimum Gasteiger partial charge on any atom is -0.357 e. The smallest absolute Gasteiger partial charge is 0.191 e. The van der Waals surface area contributed by atoms with Gasteiger partial charge in [-0.05, 0) is 48.9 Å². The van der Waals surface area contributed by atoms with Crippen molar-refractivity contribution in [2.45, 2.75) is 33.9 Å². The molecule has 0 aliphatic rings. The van der Waals surface area contributed by atoms with Crippen molar-refractivity contribution >= 4 is 41.3 Å². The summed E-state index contributed by atoms with van der Waals surface area (Å²) in [6.07, 6.45) is 0. The van der Waals surface area contributed by atoms with Crippen LogP contribution in [0, 0.1) is 13.8 Å². The molecule has 0 spiro atoms. The zero-order valence-electron chi connectivity index (χ0n) is 13.3. The lowest BCUT2D eigenvalue weighted by Gasteiger charge is -2.11. The summed E-state index contributed by atoms with van der Waals surface area (Å²) in [6.45, 7) is 8.74. The van der Waals surface area contributed by atoms with Gasteiger partial charge in [0.25, 0.3) is 0 Å². The number of nitrogens with zero attached hydrogens (tertiary/aromatic N) is 1. The van der Waals surface area contributed by atoms with Crippen molar-refractivity contribution < 1.29 is 0 Å². The molecule has 0 amide bonds. The first-order chi connectivity index (χ1) is 10.2. The highest BCUT2D eigenvalue weighted by molar-refractivity contribution is 14.0. The van der Waals surface area contributed by atoms with E-state index in [1.807, 2.05) is 0 Å². The Morgan fingerprint density at radius 2 is 1.86 bits per heavy atom. The van der Waals surface area contributed by atoms with Gasteiger partial charge in [-0.2, -0.15) is 0 Å². The van der Waals surface area contributed by atoms with Gasteiger partial charge in [0.1, 0.15) is 0 Å². The standard InChI is InChI=1S/C17H23N3S.HI/c1-4-18-17(20-12-16-14(3)9-10-21-16)19-11-15-8-6-5-7-13(15)2;/h5-10H,4,11-12H2,1-3H3,(H2,18,19,20);1H. The molecule has 0 atom stereocenters. The third-order valence-electron chi connectivity index (χ3n) is 3.40. The van der Waals surface area contributed by atoms with Gasteiger partial charge in [-0.15, -0.1) is 35.3 Å². The van der Waals surface area contributed by atoms with E-state index in [0.29, 0.717) is 6.54 Å². The second kappa shape index (κ2) is 9.84. The van der Waals surface area contributed by atoms with E-state index in [1.54, 1.807) is 11.3 Å². The number of guanidine groups is 1. The van der Waals surface area contributed by atoms with Crippen LogP contribution in [0.2, 0.25) is 0 Å². The van der Waals surface area contributed by atoms with Crippen LogP contribution < -0.4 is 10.6 Å². The monoisotopic (exact) mass is 429 g/mol. The van der Waals surface area contributed by atoms with E-state index in [0.717, 1.165) is 19.0 Å². The second-order valence-corrected chi connectivity index (χ2v) is 6.00. The highest BCUT2D eigenvalue weighted by atomic mass is 127. The number of benzene rings is 1. The normalized spacial score (nSPS) is 11.0. The fourth-order valence-electron chi connectivity index (χ4n) is 2.04. The number of aryl methyl sites for hydroxylation is 2. The van der Waals surface area contributed by atoms with Gasteiger partial charge < -0.3 is 10.6 Å². The van der Waals surface area contributed by atoms with E-state index in [4.69, 9.17) is 0 Å². The molecule has 0 saturated heterocycles. The Balaban J connectivity index is 0.00000242. The van der Waals surface area contributed by atoms with Crippen LogP contribution in [0.1, 0.15) is 28.5 Å². The molecule has 0 aliphatic carbocycles. The third kappa shape index (κ3) is 5.61. The Hall–Kier alpha value is -1.08. The molecule has 1 aromatic carbocycles. The zero-order chi connectivity index (χ0) is 15.1. The molecule has 2 N–H and O–H groups in total. The minimum atomic E-state index is 0. The number of hydrogen-bond donors (Lipinski definition) is 2. The molecule has 2 rings (SSSR count). The van der Waals surface area contributed by atoms with Crippen molar-refractivity contribution in [2.75, 3.05) is 6.54 Å². The van der Waals surface area contributed by atoms with Gasteiger partial charge in [-0.3, -0.25) is 0 Å². The van der Waals surface area contributed by atoms with E-state index >= 15 is 0 Å². The Morgan fingerprint density at radius 3 is 2.50 bits per heavy atom. The van der Waals surface area contributed by atoms with Crippen LogP contribution in [0.15, 0.2) is 40.7 Å². The summed E-state index contributed by atoms with van der Waals surface area (Å²) in [5, 5.41) is 8.83. The lowest BCUT2D eigenvalue weighted by atomic mass is 10.1. The molecule has 0 radical (unpaired) electrons. The molecule has 2 aromatic rings. The average molecular weight is 429 g/mol. The Morgan fingerprint density at radius 1 is 1.09 bits per heavy atom. The molecule has 1 aromatic heterocycles. The van der Waals surface area contributed by atoms with Crippen LogP contribution in [0.4, 0.5) is 0 Å². The summed E-state index contributed by atoms with van der Waals surface area (Å²) in [4.78, 5) is 6.03. The molecule has 0 saturated carbocycles. The van der Waals surface area contributed by atoms with Gasteiger partial charge in [-0.25, -0.2) is 4.99 Å². The average Bonchev–Trinajstić information content (AvgIpc) is 2.89. The highest BCUT2D eigenvalue weighted by Gasteiger charge is 2.02. The highest BCUT2D eigenvalue weighted by Crippen LogP contribution is 2.14. The Bertz CT molecular complexity index is 607. The number of aliphatic imine (C=N–C) groups is 1. The number of hydrogen-bond acceptors (Lipinski definition) is 2. The maximum absolute atomic E-state index is 4.67. The van der Waals surface area contributed by atoms with Crippen LogP contribution in [-0.2, 0) is 13.1 Å². The number of nitrogens with one attached hydrogen (secondary N) is 2. The zero-order valence-corrected chi connectivity index (χ0v) is 16.5. The van der Waals surface area contributed by atoms with Gasteiger partial charge in [0, 0.05) is 11.4 Å². The maximum Gasteiger partial charge on any atom is 0.191 e. The fraction of sp³-hybridized carbons (Fsp3) is 0.353. The summed E-state index contributed by atoms with van der Waals surface area (Å²) < 4.78 is 0. The second-order valence-electron chi connectivity index (χ2n) is 5.00. The number of thiophene rings is 1. The van der Waals surface area contributed by atoms with Crippen molar-refractivity contribution in [1.82, 2.24) is 10.6 Å². The molecule has 0 bridgehead atoms. The van der Waals surface area contributed by atoms with E-state index in [-0.39, 0.29) is 24.0 Å². The first-order valence-corrected chi connectivity index (χ1v) is 8.18. The van der Waals surface area contributed by atoms with E-state index < -0.39 is 0 Å². The van der Waals surface area contributed by atoms with Gasteiger partial charge in [0.2, 0.25) is 0 Å². The molecule has 0 aliphatic heterocycles. The van der Waals surface area contributed by atoms with Gasteiger partial charge >= 0.3 is 0 Å². The summed E-state index contributed by atoms with van der Waals surface area (Å²) in [7, 11) is 0. The van der Waals surface area contributed by atoms with Crippen molar-refractivity contribution in [3.8, 4) is 0 Å². The largest absolute Gasteiger partial charge is 0.357 e. The number of rotatable bonds is 5. The van der Waals surface area contributed by atoms with Gasteiger partial charge in [0.05, 0.1) is 13.1 Å². The van der Waals surface area contributed by atoms with Gasteiger partial charge in [-0.1, -0.05) is 24.3 Å². The molecule has 5 heteroatoms. The fourth-order valence-corrected chi connectivity index (χ4v) is 2.89. The van der Waals surface area contributed by atoms with Crippen molar-refractivity contribution in [3.63, 3.8) is 0 Å². The lowest BCUT2D eigenvalue weighted by molar-refractivity contribution is 0.820. The quantitative estimate of drug-likeness (QED) is 0.424. The molecule has 1 heterocycles. The number of halogens is 1. The third-order valence-corrected chi connectivity index (χ3v) is 4.42. The Labute approximate surface area is 154 Å². The summed E-state index contributed by atoms with van der Waals surface area (Å²) in [5.74, 6) is 0.869. The predicted octanol–water partition coefficient (Wildman–Crippen LogP) is 4.24. The van der Waals surface area contributed by atoms with E-state index in [2.05, 4.69) is 72.1 Å². The van der Waals surface area contributed by atoms with Crippen LogP contribution in [-0.4, -0.2) is 12.5 Å². The van der Waals surface area contributed by atoms with Crippen molar-refractivity contribution in [1.29, 1.82) is 0 Å². The molecule has 120 valence electrons. The summed E-state index contributed by atoms with van der Waals surface area (Å²) in [5.41, 5.74) is 3.88. The lowest BCUT2D eigenvalue weighted by Crippen LogP contribution is -2.36. The van der Waals surface area contributed by atoms with Crippen molar-refractivity contribution in [3.05, 3.63) is 57.3 Å². The van der Waals surface area contributed by atoms with E-state index in [1.165, 1.54) is 21.6 Å².